The molecule has 2 aromatic carbocycles. The number of hydrogen-bond donors (Lipinski definition) is 3. The second-order valence-corrected chi connectivity index (χ2v) is 8.59. The maximum Gasteiger partial charge on any atom is 0.426 e. The monoisotopic (exact) mass is 417 g/mol. The summed E-state index contributed by atoms with van der Waals surface area (Å²) in [6.45, 7) is 5.09. The number of rotatable bonds is 5. The molecule has 0 aliphatic rings. The van der Waals surface area contributed by atoms with E-state index in [4.69, 9.17) is 4.74 Å². The van der Waals surface area contributed by atoms with Gasteiger partial charge in [-0.1, -0.05) is 30.3 Å². The van der Waals surface area contributed by atoms with Gasteiger partial charge in [-0.25, -0.2) is 18.6 Å². The van der Waals surface area contributed by atoms with Crippen LogP contribution in [0.3, 0.4) is 0 Å². The van der Waals surface area contributed by atoms with E-state index in [1.165, 1.54) is 30.3 Å². The molecule has 0 fully saturated rings. The van der Waals surface area contributed by atoms with Crippen LogP contribution in [0.25, 0.3) is 6.08 Å². The topological polar surface area (TPSA) is 114 Å². The van der Waals surface area contributed by atoms with Gasteiger partial charge in [0, 0.05) is 11.3 Å². The molecule has 0 atom stereocenters. The molecular formula is C20H23N3O5S. The van der Waals surface area contributed by atoms with E-state index in [2.05, 4.69) is 15.6 Å². The summed E-state index contributed by atoms with van der Waals surface area (Å²) in [5.41, 5.74) is 4.93. The average Bonchev–Trinajstić information content (AvgIpc) is 2.64. The third-order valence-electron chi connectivity index (χ3n) is 3.32. The SMILES string of the molecule is CC(C)(C)OC(=O)NNC(=O)c1ccc(NS(=O)(=O)/C=C/c2ccccc2)cc1. The van der Waals surface area contributed by atoms with Crippen molar-refractivity contribution in [2.75, 3.05) is 4.72 Å². The zero-order valence-corrected chi connectivity index (χ0v) is 17.1. The number of nitrogens with one attached hydrogen (secondary N) is 3. The fourth-order valence-corrected chi connectivity index (χ4v) is 2.97. The summed E-state index contributed by atoms with van der Waals surface area (Å²) in [6.07, 6.45) is 0.687. The molecule has 8 nitrogen and oxygen atoms in total. The first-order valence-corrected chi connectivity index (χ1v) is 10.2. The number of benzene rings is 2. The molecule has 0 radical (unpaired) electrons. The first-order valence-electron chi connectivity index (χ1n) is 8.69. The Morgan fingerprint density at radius 1 is 0.931 bits per heavy atom. The lowest BCUT2D eigenvalue weighted by Crippen LogP contribution is -2.44. The number of hydrazine groups is 1. The van der Waals surface area contributed by atoms with Gasteiger partial charge < -0.3 is 4.74 Å². The van der Waals surface area contributed by atoms with E-state index in [0.717, 1.165) is 11.0 Å². The highest BCUT2D eigenvalue weighted by molar-refractivity contribution is 7.95. The first kappa shape index (κ1) is 22.0. The van der Waals surface area contributed by atoms with Crippen LogP contribution in [0.2, 0.25) is 0 Å². The molecule has 2 rings (SSSR count). The van der Waals surface area contributed by atoms with Crippen molar-refractivity contribution in [2.24, 2.45) is 0 Å². The van der Waals surface area contributed by atoms with E-state index in [-0.39, 0.29) is 5.56 Å². The minimum atomic E-state index is -3.71. The van der Waals surface area contributed by atoms with Gasteiger partial charge >= 0.3 is 6.09 Å². The molecule has 3 N–H and O–H groups in total. The van der Waals surface area contributed by atoms with E-state index in [9.17, 15) is 18.0 Å². The normalized spacial score (nSPS) is 11.7. The van der Waals surface area contributed by atoms with Gasteiger partial charge in [-0.2, -0.15) is 0 Å². The molecule has 0 aliphatic heterocycles. The van der Waals surface area contributed by atoms with Crippen LogP contribution in [0.1, 0.15) is 36.7 Å². The van der Waals surface area contributed by atoms with E-state index in [1.54, 1.807) is 45.0 Å². The molecule has 0 aliphatic carbocycles. The fraction of sp³-hybridized carbons (Fsp3) is 0.200. The molecule has 0 saturated heterocycles. The minimum Gasteiger partial charge on any atom is -0.443 e. The van der Waals surface area contributed by atoms with Crippen molar-refractivity contribution in [3.05, 3.63) is 71.1 Å². The van der Waals surface area contributed by atoms with Gasteiger partial charge in [0.25, 0.3) is 15.9 Å². The number of anilines is 1. The average molecular weight is 417 g/mol. The van der Waals surface area contributed by atoms with Gasteiger partial charge in [-0.05, 0) is 56.7 Å². The fourth-order valence-electron chi connectivity index (χ4n) is 2.10. The molecule has 0 heterocycles. The van der Waals surface area contributed by atoms with Crippen molar-refractivity contribution in [3.63, 3.8) is 0 Å². The van der Waals surface area contributed by atoms with Gasteiger partial charge in [0.05, 0.1) is 5.41 Å². The maximum absolute atomic E-state index is 12.1. The molecule has 29 heavy (non-hydrogen) atoms. The van der Waals surface area contributed by atoms with Crippen LogP contribution < -0.4 is 15.6 Å². The van der Waals surface area contributed by atoms with Crippen molar-refractivity contribution in [1.82, 2.24) is 10.9 Å². The van der Waals surface area contributed by atoms with E-state index < -0.39 is 27.6 Å². The molecule has 154 valence electrons. The molecule has 0 saturated carbocycles. The Labute approximate surface area is 170 Å². The quantitative estimate of drug-likeness (QED) is 0.646. The van der Waals surface area contributed by atoms with E-state index >= 15 is 0 Å². The second kappa shape index (κ2) is 9.24. The predicted molar refractivity (Wildman–Crippen MR) is 111 cm³/mol. The molecule has 0 bridgehead atoms. The number of hydrogen-bond acceptors (Lipinski definition) is 5. The van der Waals surface area contributed by atoms with Gasteiger partial charge in [0.1, 0.15) is 5.60 Å². The number of carbonyl (C=O) groups is 2. The second-order valence-electron chi connectivity index (χ2n) is 7.02. The standard InChI is InChI=1S/C20H23N3O5S/c1-20(2,3)28-19(25)22-21-18(24)16-9-11-17(12-10-16)23-29(26,27)14-13-15-7-5-4-6-8-15/h4-14,23H,1-3H3,(H,21,24)(H,22,25)/b14-13+. The molecule has 2 aromatic rings. The number of ether oxygens (including phenoxy) is 1. The van der Waals surface area contributed by atoms with Crippen LogP contribution in [0, 0.1) is 0 Å². The summed E-state index contributed by atoms with van der Waals surface area (Å²) in [5.74, 6) is -0.575. The van der Waals surface area contributed by atoms with Gasteiger partial charge in [0.2, 0.25) is 0 Å². The van der Waals surface area contributed by atoms with Crippen LogP contribution >= 0.6 is 0 Å². The Morgan fingerprint density at radius 2 is 1.55 bits per heavy atom. The maximum atomic E-state index is 12.1. The summed E-state index contributed by atoms with van der Waals surface area (Å²) in [7, 11) is -3.71. The summed E-state index contributed by atoms with van der Waals surface area (Å²) in [6, 6.07) is 14.7. The summed E-state index contributed by atoms with van der Waals surface area (Å²) >= 11 is 0. The van der Waals surface area contributed by atoms with Crippen molar-refractivity contribution in [1.29, 1.82) is 0 Å². The van der Waals surface area contributed by atoms with Gasteiger partial charge in [-0.3, -0.25) is 14.9 Å². The lowest BCUT2D eigenvalue weighted by molar-refractivity contribution is 0.0483. The zero-order valence-electron chi connectivity index (χ0n) is 16.3. The number of carbonyl (C=O) groups excluding carboxylic acids is 2. The Balaban J connectivity index is 1.93. The van der Waals surface area contributed by atoms with E-state index in [1.807, 2.05) is 6.07 Å². The van der Waals surface area contributed by atoms with Crippen LogP contribution in [-0.2, 0) is 14.8 Å². The van der Waals surface area contributed by atoms with Crippen molar-refractivity contribution < 1.29 is 22.7 Å². The molecule has 9 heteroatoms. The Hall–Kier alpha value is -3.33. The highest BCUT2D eigenvalue weighted by Crippen LogP contribution is 2.13. The summed E-state index contributed by atoms with van der Waals surface area (Å²) < 4.78 is 31.7. The molecule has 0 spiro atoms. The summed E-state index contributed by atoms with van der Waals surface area (Å²) in [4.78, 5) is 23.6. The van der Waals surface area contributed by atoms with Crippen LogP contribution in [-0.4, -0.2) is 26.0 Å². The largest absolute Gasteiger partial charge is 0.443 e. The van der Waals surface area contributed by atoms with Crippen molar-refractivity contribution in [3.8, 4) is 0 Å². The van der Waals surface area contributed by atoms with Crippen molar-refractivity contribution in [2.45, 2.75) is 26.4 Å². The highest BCUT2D eigenvalue weighted by Gasteiger charge is 2.16. The van der Waals surface area contributed by atoms with Crippen molar-refractivity contribution >= 4 is 33.8 Å². The molecule has 0 aromatic heterocycles. The van der Waals surface area contributed by atoms with Gasteiger partial charge in [-0.15, -0.1) is 0 Å². The van der Waals surface area contributed by atoms with Crippen LogP contribution in [0.5, 0.6) is 0 Å². The van der Waals surface area contributed by atoms with Crippen LogP contribution in [0.15, 0.2) is 60.0 Å². The first-order chi connectivity index (χ1) is 13.5. The highest BCUT2D eigenvalue weighted by atomic mass is 32.2. The Bertz CT molecular complexity index is 979. The minimum absolute atomic E-state index is 0.226. The lowest BCUT2D eigenvalue weighted by Gasteiger charge is -2.19. The summed E-state index contributed by atoms with van der Waals surface area (Å²) in [5, 5.41) is 1.06. The lowest BCUT2D eigenvalue weighted by atomic mass is 10.2. The Morgan fingerprint density at radius 3 is 2.14 bits per heavy atom. The molecule has 0 unspecified atom stereocenters. The van der Waals surface area contributed by atoms with Crippen LogP contribution in [0.4, 0.5) is 10.5 Å². The third kappa shape index (κ3) is 8.06. The molecular weight excluding hydrogens is 394 g/mol. The molecule has 2 amide bonds. The number of amides is 2. The number of sulfonamides is 1. The zero-order chi connectivity index (χ0) is 21.5. The smallest absolute Gasteiger partial charge is 0.426 e. The van der Waals surface area contributed by atoms with Gasteiger partial charge in [0.15, 0.2) is 0 Å². The Kier molecular flexibility index (Phi) is 7.00. The predicted octanol–water partition coefficient (Wildman–Crippen LogP) is 3.27. The van der Waals surface area contributed by atoms with E-state index in [0.29, 0.717) is 5.69 Å². The third-order valence-corrected chi connectivity index (χ3v) is 4.34.